The van der Waals surface area contributed by atoms with Gasteiger partial charge in [-0.05, 0) is 47.2 Å². The molecule has 2 aromatic carbocycles. The van der Waals surface area contributed by atoms with Crippen molar-refractivity contribution in [3.63, 3.8) is 0 Å². The van der Waals surface area contributed by atoms with Gasteiger partial charge in [0.15, 0.2) is 0 Å². The van der Waals surface area contributed by atoms with Gasteiger partial charge in [-0.3, -0.25) is 4.79 Å². The van der Waals surface area contributed by atoms with Crippen LogP contribution in [0.15, 0.2) is 72.1 Å². The number of rotatable bonds is 6. The Bertz CT molecular complexity index is 1090. The third-order valence-electron chi connectivity index (χ3n) is 4.91. The number of amides is 1. The van der Waals surface area contributed by atoms with Gasteiger partial charge in [-0.1, -0.05) is 43.3 Å². The zero-order valence-electron chi connectivity index (χ0n) is 15.6. The summed E-state index contributed by atoms with van der Waals surface area (Å²) in [6, 6.07) is 20.8. The largest absolute Gasteiger partial charge is 0.354 e. The van der Waals surface area contributed by atoms with Gasteiger partial charge in [-0.2, -0.15) is 0 Å². The van der Waals surface area contributed by atoms with Crippen molar-refractivity contribution in [2.45, 2.75) is 19.4 Å². The molecule has 2 aromatic heterocycles. The van der Waals surface area contributed by atoms with E-state index in [1.165, 1.54) is 17.7 Å². The second-order valence-electron chi connectivity index (χ2n) is 6.91. The van der Waals surface area contributed by atoms with Crippen LogP contribution in [-0.4, -0.2) is 17.0 Å². The number of halogens is 1. The minimum absolute atomic E-state index is 0.0533. The number of benzene rings is 2. The Hall–Kier alpha value is -2.92. The van der Waals surface area contributed by atoms with Gasteiger partial charge < -0.3 is 9.88 Å². The smallest absolute Gasteiger partial charge is 0.239 e. The van der Waals surface area contributed by atoms with E-state index < -0.39 is 0 Å². The molecule has 0 saturated heterocycles. The molecule has 0 aliphatic rings. The Morgan fingerprint density at radius 1 is 1.11 bits per heavy atom. The number of carbonyl (C=O) groups is 1. The molecule has 28 heavy (non-hydrogen) atoms. The van der Waals surface area contributed by atoms with Crippen molar-refractivity contribution in [3.05, 3.63) is 83.5 Å². The van der Waals surface area contributed by atoms with Crippen LogP contribution in [-0.2, 0) is 11.3 Å². The summed E-state index contributed by atoms with van der Waals surface area (Å²) >= 11 is 1.61. The summed E-state index contributed by atoms with van der Waals surface area (Å²) in [6.07, 6.45) is 0. The van der Waals surface area contributed by atoms with Gasteiger partial charge in [0.1, 0.15) is 12.4 Å². The summed E-state index contributed by atoms with van der Waals surface area (Å²) in [4.78, 5) is 13.7. The molecule has 0 aliphatic heterocycles. The molecule has 3 nitrogen and oxygen atoms in total. The quantitative estimate of drug-likeness (QED) is 0.466. The summed E-state index contributed by atoms with van der Waals surface area (Å²) in [5.41, 5.74) is 2.99. The SMILES string of the molecule is C[C@H](CNC(=O)Cn1c(-c2cccs2)cc2cc(F)ccc21)c1ccccc1. The predicted molar refractivity (Wildman–Crippen MR) is 113 cm³/mol. The van der Waals surface area contributed by atoms with Crippen molar-refractivity contribution in [1.29, 1.82) is 0 Å². The maximum absolute atomic E-state index is 13.7. The Balaban J connectivity index is 1.55. The molecule has 0 aliphatic carbocycles. The number of aromatic nitrogens is 1. The van der Waals surface area contributed by atoms with E-state index in [2.05, 4.69) is 24.4 Å². The average Bonchev–Trinajstić information content (AvgIpc) is 3.35. The lowest BCUT2D eigenvalue weighted by molar-refractivity contribution is -0.121. The number of fused-ring (bicyclic) bond motifs is 1. The Morgan fingerprint density at radius 3 is 2.68 bits per heavy atom. The van der Waals surface area contributed by atoms with Crippen LogP contribution in [0, 0.1) is 5.82 Å². The number of hydrogen-bond donors (Lipinski definition) is 1. The van der Waals surface area contributed by atoms with Gasteiger partial charge in [-0.15, -0.1) is 11.3 Å². The summed E-state index contributed by atoms with van der Waals surface area (Å²) in [5.74, 6) is -0.0941. The van der Waals surface area contributed by atoms with E-state index >= 15 is 0 Å². The highest BCUT2D eigenvalue weighted by Gasteiger charge is 2.15. The van der Waals surface area contributed by atoms with Crippen molar-refractivity contribution in [2.75, 3.05) is 6.54 Å². The van der Waals surface area contributed by atoms with E-state index in [1.54, 1.807) is 17.4 Å². The monoisotopic (exact) mass is 392 g/mol. The van der Waals surface area contributed by atoms with Gasteiger partial charge >= 0.3 is 0 Å². The maximum Gasteiger partial charge on any atom is 0.239 e. The summed E-state index contributed by atoms with van der Waals surface area (Å²) in [7, 11) is 0. The lowest BCUT2D eigenvalue weighted by Gasteiger charge is -2.15. The molecule has 4 rings (SSSR count). The molecule has 0 fully saturated rings. The van der Waals surface area contributed by atoms with Crippen LogP contribution in [0.3, 0.4) is 0 Å². The third kappa shape index (κ3) is 3.85. The molecule has 0 spiro atoms. The summed E-state index contributed by atoms with van der Waals surface area (Å²) < 4.78 is 15.6. The van der Waals surface area contributed by atoms with E-state index in [0.717, 1.165) is 21.5 Å². The minimum atomic E-state index is -0.275. The highest BCUT2D eigenvalue weighted by Crippen LogP contribution is 2.31. The fourth-order valence-corrected chi connectivity index (χ4v) is 4.16. The van der Waals surface area contributed by atoms with Crippen molar-refractivity contribution in [3.8, 4) is 10.6 Å². The molecule has 0 unspecified atom stereocenters. The summed E-state index contributed by atoms with van der Waals surface area (Å²) in [6.45, 7) is 2.87. The topological polar surface area (TPSA) is 34.0 Å². The maximum atomic E-state index is 13.7. The van der Waals surface area contributed by atoms with E-state index in [9.17, 15) is 9.18 Å². The third-order valence-corrected chi connectivity index (χ3v) is 5.81. The molecule has 2 heterocycles. The number of hydrogen-bond acceptors (Lipinski definition) is 2. The lowest BCUT2D eigenvalue weighted by Crippen LogP contribution is -2.30. The molecule has 0 radical (unpaired) electrons. The Kier molecular flexibility index (Phi) is 5.26. The lowest BCUT2D eigenvalue weighted by atomic mass is 10.0. The molecular formula is C23H21FN2OS. The van der Waals surface area contributed by atoms with Crippen molar-refractivity contribution in [2.24, 2.45) is 0 Å². The van der Waals surface area contributed by atoms with Crippen LogP contribution < -0.4 is 5.32 Å². The predicted octanol–water partition coefficient (Wildman–Crippen LogP) is 5.43. The average molecular weight is 392 g/mol. The van der Waals surface area contributed by atoms with Gasteiger partial charge in [0.2, 0.25) is 5.91 Å². The first-order valence-corrected chi connectivity index (χ1v) is 10.1. The fourth-order valence-electron chi connectivity index (χ4n) is 3.41. The zero-order chi connectivity index (χ0) is 19.5. The number of carbonyl (C=O) groups excluding carboxylic acids is 1. The highest BCUT2D eigenvalue weighted by atomic mass is 32.1. The molecule has 5 heteroatoms. The van der Waals surface area contributed by atoms with E-state index in [-0.39, 0.29) is 24.2 Å². The van der Waals surface area contributed by atoms with Crippen molar-refractivity contribution < 1.29 is 9.18 Å². The molecule has 1 atom stereocenters. The second-order valence-corrected chi connectivity index (χ2v) is 7.86. The van der Waals surface area contributed by atoms with Gasteiger partial charge in [0.05, 0.1) is 10.6 Å². The fraction of sp³-hybridized carbons (Fsp3) is 0.174. The molecule has 1 N–H and O–H groups in total. The Morgan fingerprint density at radius 2 is 1.93 bits per heavy atom. The normalized spacial score (nSPS) is 12.2. The molecule has 1 amide bonds. The van der Waals surface area contributed by atoms with E-state index in [0.29, 0.717) is 6.54 Å². The number of thiophene rings is 1. The molecular weight excluding hydrogens is 371 g/mol. The first kappa shape index (κ1) is 18.4. The van der Waals surface area contributed by atoms with Crippen LogP contribution in [0.1, 0.15) is 18.4 Å². The van der Waals surface area contributed by atoms with Crippen molar-refractivity contribution in [1.82, 2.24) is 9.88 Å². The van der Waals surface area contributed by atoms with Crippen LogP contribution in [0.4, 0.5) is 4.39 Å². The highest BCUT2D eigenvalue weighted by molar-refractivity contribution is 7.13. The second kappa shape index (κ2) is 7.98. The Labute approximate surface area is 167 Å². The van der Waals surface area contributed by atoms with Gasteiger partial charge in [-0.25, -0.2) is 4.39 Å². The van der Waals surface area contributed by atoms with Crippen LogP contribution in [0.25, 0.3) is 21.5 Å². The van der Waals surface area contributed by atoms with Crippen molar-refractivity contribution >= 4 is 28.1 Å². The standard InChI is InChI=1S/C23H21FN2OS/c1-16(17-6-3-2-4-7-17)14-25-23(27)15-26-20-10-9-19(24)12-18(20)13-21(26)22-8-5-11-28-22/h2-13,16H,14-15H2,1H3,(H,25,27)/t16-/m1/s1. The summed E-state index contributed by atoms with van der Waals surface area (Å²) in [5, 5.41) is 5.84. The first-order chi connectivity index (χ1) is 13.6. The van der Waals surface area contributed by atoms with Crippen LogP contribution in [0.2, 0.25) is 0 Å². The van der Waals surface area contributed by atoms with E-state index in [1.807, 2.05) is 46.3 Å². The molecule has 0 bridgehead atoms. The minimum Gasteiger partial charge on any atom is -0.354 e. The van der Waals surface area contributed by atoms with E-state index in [4.69, 9.17) is 0 Å². The zero-order valence-corrected chi connectivity index (χ0v) is 16.4. The number of nitrogens with zero attached hydrogens (tertiary/aromatic N) is 1. The van der Waals surface area contributed by atoms with Gasteiger partial charge in [0, 0.05) is 17.4 Å². The van der Waals surface area contributed by atoms with Gasteiger partial charge in [0.25, 0.3) is 0 Å². The first-order valence-electron chi connectivity index (χ1n) is 9.26. The molecule has 0 saturated carbocycles. The van der Waals surface area contributed by atoms with Crippen LogP contribution >= 0.6 is 11.3 Å². The molecule has 142 valence electrons. The van der Waals surface area contributed by atoms with Crippen LogP contribution in [0.5, 0.6) is 0 Å². The molecule has 4 aromatic rings. The number of nitrogens with one attached hydrogen (secondary N) is 1.